The number of ether oxygens (including phenoxy) is 2. The number of hydrogen-bond acceptors (Lipinski definition) is 6. The Morgan fingerprint density at radius 2 is 1.84 bits per heavy atom. The molecule has 0 aliphatic heterocycles. The SMILES string of the molecule is O=C(OC1CCCC(C(=O)OC(CS(=O)(=O)O)C(F)(F)F)C1)c1cc(I)cc(I)c1I. The molecule has 7 nitrogen and oxygen atoms in total. The van der Waals surface area contributed by atoms with Gasteiger partial charge in [0.15, 0.2) is 0 Å². The fraction of sp³-hybridized carbons (Fsp3) is 0.529. The number of carbonyl (C=O) groups is 2. The zero-order valence-electron chi connectivity index (χ0n) is 15.5. The summed E-state index contributed by atoms with van der Waals surface area (Å²) in [5.74, 6) is -4.62. The summed E-state index contributed by atoms with van der Waals surface area (Å²) < 4.78 is 81.6. The largest absolute Gasteiger partial charge is 0.459 e. The average molecular weight is 802 g/mol. The van der Waals surface area contributed by atoms with E-state index in [1.807, 2.05) is 28.7 Å². The molecule has 0 heterocycles. The molecule has 1 fully saturated rings. The van der Waals surface area contributed by atoms with Crippen LogP contribution in [0.2, 0.25) is 0 Å². The van der Waals surface area contributed by atoms with Crippen LogP contribution in [0.25, 0.3) is 0 Å². The molecule has 1 N–H and O–H groups in total. The van der Waals surface area contributed by atoms with Crippen molar-refractivity contribution >= 4 is 89.8 Å². The van der Waals surface area contributed by atoms with E-state index in [-0.39, 0.29) is 12.8 Å². The third-order valence-electron chi connectivity index (χ3n) is 4.43. The minimum absolute atomic E-state index is 0.0430. The fourth-order valence-corrected chi connectivity index (χ4v) is 6.02. The van der Waals surface area contributed by atoms with Gasteiger partial charge < -0.3 is 9.47 Å². The van der Waals surface area contributed by atoms with Crippen LogP contribution >= 0.6 is 67.8 Å². The minimum Gasteiger partial charge on any atom is -0.459 e. The molecule has 0 spiro atoms. The maximum absolute atomic E-state index is 13.0. The molecule has 1 aromatic rings. The third kappa shape index (κ3) is 8.40. The van der Waals surface area contributed by atoms with Gasteiger partial charge in [0.2, 0.25) is 6.10 Å². The molecule has 1 aliphatic rings. The van der Waals surface area contributed by atoms with Crippen LogP contribution in [0.15, 0.2) is 12.1 Å². The maximum Gasteiger partial charge on any atom is 0.426 e. The maximum atomic E-state index is 13.0. The van der Waals surface area contributed by atoms with Crippen molar-refractivity contribution < 1.29 is 45.2 Å². The van der Waals surface area contributed by atoms with Crippen molar-refractivity contribution in [3.8, 4) is 0 Å². The second kappa shape index (κ2) is 11.0. The van der Waals surface area contributed by atoms with Crippen molar-refractivity contribution in [3.63, 3.8) is 0 Å². The first-order valence-electron chi connectivity index (χ1n) is 8.75. The van der Waals surface area contributed by atoms with Gasteiger partial charge in [-0.1, -0.05) is 0 Å². The van der Waals surface area contributed by atoms with Gasteiger partial charge in [0.05, 0.1) is 11.5 Å². The van der Waals surface area contributed by atoms with Crippen LogP contribution < -0.4 is 0 Å². The Hall–Kier alpha value is 0.0500. The van der Waals surface area contributed by atoms with Gasteiger partial charge in [0.1, 0.15) is 11.9 Å². The van der Waals surface area contributed by atoms with Crippen LogP contribution in [0.3, 0.4) is 0 Å². The van der Waals surface area contributed by atoms with Gasteiger partial charge in [-0.05, 0) is 106 Å². The lowest BCUT2D eigenvalue weighted by Crippen LogP contribution is -2.42. The zero-order chi connectivity index (χ0) is 23.6. The molecule has 3 unspecified atom stereocenters. The van der Waals surface area contributed by atoms with Gasteiger partial charge in [0, 0.05) is 10.7 Å². The predicted octanol–water partition coefficient (Wildman–Crippen LogP) is 4.58. The van der Waals surface area contributed by atoms with Gasteiger partial charge in [-0.25, -0.2) is 4.79 Å². The van der Waals surface area contributed by atoms with Crippen LogP contribution in [0, 0.1) is 16.6 Å². The zero-order valence-corrected chi connectivity index (χ0v) is 22.8. The minimum atomic E-state index is -5.16. The topological polar surface area (TPSA) is 107 Å². The van der Waals surface area contributed by atoms with E-state index in [1.54, 1.807) is 6.07 Å². The van der Waals surface area contributed by atoms with Crippen LogP contribution in [-0.2, 0) is 24.4 Å². The number of alkyl halides is 3. The van der Waals surface area contributed by atoms with E-state index in [4.69, 9.17) is 9.29 Å². The predicted molar refractivity (Wildman–Crippen MR) is 128 cm³/mol. The number of hydrogen-bond donors (Lipinski definition) is 1. The van der Waals surface area contributed by atoms with Gasteiger partial charge in [-0.3, -0.25) is 9.35 Å². The smallest absolute Gasteiger partial charge is 0.426 e. The Kier molecular flexibility index (Phi) is 9.67. The first kappa shape index (κ1) is 27.3. The number of rotatable bonds is 6. The molecule has 0 radical (unpaired) electrons. The van der Waals surface area contributed by atoms with E-state index in [9.17, 15) is 31.2 Å². The van der Waals surface area contributed by atoms with E-state index >= 15 is 0 Å². The quantitative estimate of drug-likeness (QED) is 0.195. The molecule has 174 valence electrons. The van der Waals surface area contributed by atoms with E-state index < -0.39 is 52.1 Å². The molecule has 0 amide bonds. The molecule has 0 saturated heterocycles. The summed E-state index contributed by atoms with van der Waals surface area (Å²) in [7, 11) is -5.02. The molecular weight excluding hydrogens is 786 g/mol. The van der Waals surface area contributed by atoms with Crippen molar-refractivity contribution in [2.45, 2.75) is 44.1 Å². The van der Waals surface area contributed by atoms with Gasteiger partial charge in [0.25, 0.3) is 10.1 Å². The summed E-state index contributed by atoms with van der Waals surface area (Å²) in [4.78, 5) is 24.8. The van der Waals surface area contributed by atoms with Gasteiger partial charge in [-0.2, -0.15) is 21.6 Å². The lowest BCUT2D eigenvalue weighted by Gasteiger charge is -2.29. The second-order valence-corrected chi connectivity index (χ2v) is 11.8. The Labute approximate surface area is 217 Å². The highest BCUT2D eigenvalue weighted by atomic mass is 127. The summed E-state index contributed by atoms with van der Waals surface area (Å²) in [5.41, 5.74) is 0.354. The molecule has 2 rings (SSSR count). The molecule has 1 aliphatic carbocycles. The highest BCUT2D eigenvalue weighted by Gasteiger charge is 2.46. The Bertz CT molecular complexity index is 953. The molecule has 0 aromatic heterocycles. The summed E-state index contributed by atoms with van der Waals surface area (Å²) in [6, 6.07) is 3.54. The van der Waals surface area contributed by atoms with E-state index in [1.165, 1.54) is 0 Å². The van der Waals surface area contributed by atoms with Crippen molar-refractivity contribution in [1.29, 1.82) is 0 Å². The van der Waals surface area contributed by atoms with Crippen molar-refractivity contribution in [2.75, 3.05) is 5.75 Å². The summed E-state index contributed by atoms with van der Waals surface area (Å²) in [6.45, 7) is 0. The number of esters is 2. The molecule has 3 atom stereocenters. The van der Waals surface area contributed by atoms with Gasteiger partial charge >= 0.3 is 18.1 Å². The summed E-state index contributed by atoms with van der Waals surface area (Å²) in [5, 5.41) is 0. The molecule has 1 aromatic carbocycles. The highest BCUT2D eigenvalue weighted by Crippen LogP contribution is 2.32. The number of carbonyl (C=O) groups excluding carboxylic acids is 2. The van der Waals surface area contributed by atoms with Crippen molar-refractivity contribution in [2.24, 2.45) is 5.92 Å². The van der Waals surface area contributed by atoms with E-state index in [0.29, 0.717) is 22.0 Å². The Balaban J connectivity index is 2.06. The standard InChI is InChI=1S/C17H16F3I3O7S/c18-17(19,20)13(7-31(26,27)28)30-15(24)8-2-1-3-10(4-8)29-16(25)11-5-9(21)6-12(22)14(11)23/h5-6,8,10,13H,1-4,7H2,(H,26,27,28). The fourth-order valence-electron chi connectivity index (χ4n) is 3.01. The molecule has 31 heavy (non-hydrogen) atoms. The van der Waals surface area contributed by atoms with E-state index in [0.717, 1.165) is 7.14 Å². The first-order valence-corrected chi connectivity index (χ1v) is 13.6. The second-order valence-electron chi connectivity index (χ2n) is 6.86. The van der Waals surface area contributed by atoms with Crippen molar-refractivity contribution in [3.05, 3.63) is 28.4 Å². The Morgan fingerprint density at radius 1 is 1.19 bits per heavy atom. The van der Waals surface area contributed by atoms with Gasteiger partial charge in [-0.15, -0.1) is 0 Å². The third-order valence-corrected chi connectivity index (χ3v) is 8.82. The van der Waals surface area contributed by atoms with Crippen LogP contribution in [0.4, 0.5) is 13.2 Å². The summed E-state index contributed by atoms with van der Waals surface area (Å²) >= 11 is 6.16. The normalized spacial score (nSPS) is 20.7. The lowest BCUT2D eigenvalue weighted by atomic mass is 9.87. The summed E-state index contributed by atoms with van der Waals surface area (Å²) in [6.07, 6.45) is -7.83. The molecule has 14 heteroatoms. The van der Waals surface area contributed by atoms with Crippen LogP contribution in [-0.4, -0.2) is 49.0 Å². The average Bonchev–Trinajstić information content (AvgIpc) is 2.62. The number of halogens is 6. The highest BCUT2D eigenvalue weighted by molar-refractivity contribution is 14.1. The van der Waals surface area contributed by atoms with Crippen LogP contribution in [0.1, 0.15) is 36.0 Å². The number of benzene rings is 1. The first-order chi connectivity index (χ1) is 14.2. The molecular formula is C17H16F3I3O7S. The molecule has 0 bridgehead atoms. The van der Waals surface area contributed by atoms with Crippen LogP contribution in [0.5, 0.6) is 0 Å². The van der Waals surface area contributed by atoms with Crippen molar-refractivity contribution in [1.82, 2.24) is 0 Å². The monoisotopic (exact) mass is 802 g/mol. The lowest BCUT2D eigenvalue weighted by molar-refractivity contribution is -0.218. The van der Waals surface area contributed by atoms with E-state index in [2.05, 4.69) is 49.9 Å². The molecule has 1 saturated carbocycles. The Morgan fingerprint density at radius 3 is 2.42 bits per heavy atom.